The van der Waals surface area contributed by atoms with Crippen molar-refractivity contribution in [2.24, 2.45) is 0 Å². The summed E-state index contributed by atoms with van der Waals surface area (Å²) in [6, 6.07) is 2.90. The van der Waals surface area contributed by atoms with Gasteiger partial charge in [-0.1, -0.05) is 13.3 Å². The Kier molecular flexibility index (Phi) is 3.58. The summed E-state index contributed by atoms with van der Waals surface area (Å²) in [6.45, 7) is 7.66. The lowest BCUT2D eigenvalue weighted by atomic mass is 9.94. The normalized spacial score (nSPS) is 15.2. The SMILES string of the molecule is CCCc1cc(=O)oc2c1c1c(c3oc(C)cc(=O)c32)C=CC(C)(C)O1. The lowest BCUT2D eigenvalue weighted by Gasteiger charge is -2.29. The van der Waals surface area contributed by atoms with E-state index in [1.54, 1.807) is 6.92 Å². The van der Waals surface area contributed by atoms with Gasteiger partial charge in [-0.25, -0.2) is 4.79 Å². The summed E-state index contributed by atoms with van der Waals surface area (Å²) >= 11 is 0. The highest BCUT2D eigenvalue weighted by atomic mass is 16.5. The van der Waals surface area contributed by atoms with E-state index in [1.807, 2.05) is 32.9 Å². The van der Waals surface area contributed by atoms with Crippen LogP contribution in [0.5, 0.6) is 5.75 Å². The number of hydrogen-bond donors (Lipinski definition) is 0. The van der Waals surface area contributed by atoms with Gasteiger partial charge in [0.25, 0.3) is 0 Å². The number of aryl methyl sites for hydroxylation is 2. The Morgan fingerprint density at radius 1 is 1.04 bits per heavy atom. The first-order valence-corrected chi connectivity index (χ1v) is 8.76. The second-order valence-electron chi connectivity index (χ2n) is 7.25. The quantitative estimate of drug-likeness (QED) is 0.507. The molecule has 0 atom stereocenters. The van der Waals surface area contributed by atoms with Crippen molar-refractivity contribution in [1.29, 1.82) is 0 Å². The van der Waals surface area contributed by atoms with Crippen LogP contribution in [0, 0.1) is 6.92 Å². The van der Waals surface area contributed by atoms with Gasteiger partial charge in [-0.05, 0) is 44.9 Å². The maximum atomic E-state index is 12.7. The van der Waals surface area contributed by atoms with Gasteiger partial charge in [0.15, 0.2) is 16.6 Å². The average molecular weight is 352 g/mol. The molecule has 0 radical (unpaired) electrons. The van der Waals surface area contributed by atoms with E-state index >= 15 is 0 Å². The predicted octanol–water partition coefficient (Wildman–Crippen LogP) is 4.34. The minimum atomic E-state index is -0.517. The van der Waals surface area contributed by atoms with E-state index in [1.165, 1.54) is 12.1 Å². The molecule has 3 aromatic rings. The van der Waals surface area contributed by atoms with Crippen LogP contribution in [0.25, 0.3) is 28.0 Å². The highest BCUT2D eigenvalue weighted by Crippen LogP contribution is 2.43. The van der Waals surface area contributed by atoms with Gasteiger partial charge in [0.05, 0.1) is 10.9 Å². The van der Waals surface area contributed by atoms with E-state index in [-0.39, 0.29) is 16.4 Å². The van der Waals surface area contributed by atoms with Gasteiger partial charge in [0.1, 0.15) is 22.5 Å². The first kappa shape index (κ1) is 16.6. The third-order valence-electron chi connectivity index (χ3n) is 4.59. The molecule has 0 spiro atoms. The zero-order valence-electron chi connectivity index (χ0n) is 15.3. The standard InChI is InChI=1S/C21H20O5/c1-5-6-12-10-15(23)25-20-16(12)19-13(7-8-21(3,4)26-19)18-17(20)14(22)9-11(2)24-18/h7-10H,5-6H2,1-4H3. The topological polar surface area (TPSA) is 69.7 Å². The fourth-order valence-corrected chi connectivity index (χ4v) is 3.52. The Morgan fingerprint density at radius 3 is 2.54 bits per heavy atom. The number of benzene rings is 1. The molecule has 0 saturated heterocycles. The molecule has 3 heterocycles. The van der Waals surface area contributed by atoms with Crippen molar-refractivity contribution in [3.8, 4) is 5.75 Å². The molecule has 5 heteroatoms. The fraction of sp³-hybridized carbons (Fsp3) is 0.333. The van der Waals surface area contributed by atoms with Crippen molar-refractivity contribution in [1.82, 2.24) is 0 Å². The third kappa shape index (κ3) is 2.46. The highest BCUT2D eigenvalue weighted by molar-refractivity contribution is 6.10. The number of hydrogen-bond acceptors (Lipinski definition) is 5. The number of ether oxygens (including phenoxy) is 1. The van der Waals surface area contributed by atoms with Crippen LogP contribution in [0.1, 0.15) is 44.1 Å². The molecule has 1 aliphatic heterocycles. The Morgan fingerprint density at radius 2 is 1.81 bits per heavy atom. The Labute approximate surface area is 149 Å². The smallest absolute Gasteiger partial charge is 0.336 e. The van der Waals surface area contributed by atoms with E-state index < -0.39 is 11.2 Å². The fourth-order valence-electron chi connectivity index (χ4n) is 3.52. The summed E-state index contributed by atoms with van der Waals surface area (Å²) in [6.07, 6.45) is 5.39. The molecular weight excluding hydrogens is 332 g/mol. The first-order valence-electron chi connectivity index (χ1n) is 8.76. The van der Waals surface area contributed by atoms with Gasteiger partial charge in [-0.3, -0.25) is 4.79 Å². The van der Waals surface area contributed by atoms with Crippen LogP contribution >= 0.6 is 0 Å². The molecule has 0 saturated carbocycles. The largest absolute Gasteiger partial charge is 0.482 e. The Hall–Kier alpha value is -2.82. The molecule has 0 bridgehead atoms. The van der Waals surface area contributed by atoms with Crippen LogP contribution in [-0.2, 0) is 6.42 Å². The maximum Gasteiger partial charge on any atom is 0.336 e. The molecule has 0 unspecified atom stereocenters. The van der Waals surface area contributed by atoms with Crippen molar-refractivity contribution < 1.29 is 13.6 Å². The molecule has 4 rings (SSSR count). The summed E-state index contributed by atoms with van der Waals surface area (Å²) < 4.78 is 17.6. The molecule has 0 amide bonds. The maximum absolute atomic E-state index is 12.7. The summed E-state index contributed by atoms with van der Waals surface area (Å²) in [7, 11) is 0. The second-order valence-corrected chi connectivity index (χ2v) is 7.25. The van der Waals surface area contributed by atoms with Gasteiger partial charge in [0, 0.05) is 12.1 Å². The van der Waals surface area contributed by atoms with E-state index in [9.17, 15) is 9.59 Å². The summed E-state index contributed by atoms with van der Waals surface area (Å²) in [5.74, 6) is 1.09. The summed E-state index contributed by atoms with van der Waals surface area (Å²) in [4.78, 5) is 24.9. The minimum Gasteiger partial charge on any atom is -0.482 e. The Balaban J connectivity index is 2.32. The molecule has 1 aliphatic rings. The molecule has 0 fully saturated rings. The minimum absolute atomic E-state index is 0.230. The van der Waals surface area contributed by atoms with Crippen LogP contribution in [0.15, 0.2) is 36.6 Å². The highest BCUT2D eigenvalue weighted by Gasteiger charge is 2.29. The molecule has 134 valence electrons. The van der Waals surface area contributed by atoms with Crippen LogP contribution in [0.4, 0.5) is 0 Å². The zero-order chi connectivity index (χ0) is 18.6. The van der Waals surface area contributed by atoms with Crippen LogP contribution in [-0.4, -0.2) is 5.60 Å². The molecular formula is C21H20O5. The molecule has 0 N–H and O–H groups in total. The molecule has 26 heavy (non-hydrogen) atoms. The molecule has 5 nitrogen and oxygen atoms in total. The second kappa shape index (κ2) is 5.59. The summed E-state index contributed by atoms with van der Waals surface area (Å²) in [5.41, 5.74) is 0.939. The van der Waals surface area contributed by atoms with Crippen LogP contribution < -0.4 is 15.8 Å². The van der Waals surface area contributed by atoms with Crippen molar-refractivity contribution in [2.75, 3.05) is 0 Å². The van der Waals surface area contributed by atoms with Crippen LogP contribution in [0.2, 0.25) is 0 Å². The number of fused-ring (bicyclic) bond motifs is 6. The zero-order valence-corrected chi connectivity index (χ0v) is 15.3. The monoisotopic (exact) mass is 352 g/mol. The first-order chi connectivity index (χ1) is 12.3. The van der Waals surface area contributed by atoms with Gasteiger partial charge in [-0.2, -0.15) is 0 Å². The van der Waals surface area contributed by atoms with Gasteiger partial charge < -0.3 is 13.6 Å². The summed E-state index contributed by atoms with van der Waals surface area (Å²) in [5, 5.41) is 0.967. The van der Waals surface area contributed by atoms with Crippen molar-refractivity contribution >= 4 is 28.0 Å². The van der Waals surface area contributed by atoms with E-state index in [4.69, 9.17) is 13.6 Å². The van der Waals surface area contributed by atoms with E-state index in [0.717, 1.165) is 12.0 Å². The lowest BCUT2D eigenvalue weighted by Crippen LogP contribution is -2.28. The third-order valence-corrected chi connectivity index (χ3v) is 4.59. The molecule has 0 aliphatic carbocycles. The predicted molar refractivity (Wildman–Crippen MR) is 101 cm³/mol. The lowest BCUT2D eigenvalue weighted by molar-refractivity contribution is 0.161. The van der Waals surface area contributed by atoms with E-state index in [0.29, 0.717) is 34.5 Å². The number of rotatable bonds is 2. The van der Waals surface area contributed by atoms with Crippen LogP contribution in [0.3, 0.4) is 0 Å². The molecule has 2 aromatic heterocycles. The Bertz CT molecular complexity index is 1190. The van der Waals surface area contributed by atoms with Crippen molar-refractivity contribution in [3.05, 3.63) is 55.7 Å². The van der Waals surface area contributed by atoms with Crippen molar-refractivity contribution in [2.45, 2.75) is 46.1 Å². The van der Waals surface area contributed by atoms with Gasteiger partial charge in [0.2, 0.25) is 0 Å². The van der Waals surface area contributed by atoms with Gasteiger partial charge in [-0.15, -0.1) is 0 Å². The average Bonchev–Trinajstić information content (AvgIpc) is 2.52. The molecule has 1 aromatic carbocycles. The van der Waals surface area contributed by atoms with Crippen molar-refractivity contribution in [3.63, 3.8) is 0 Å². The van der Waals surface area contributed by atoms with Gasteiger partial charge >= 0.3 is 5.63 Å². The van der Waals surface area contributed by atoms with E-state index in [2.05, 4.69) is 0 Å².